The minimum Gasteiger partial charge on any atom is -0.311 e. The second-order valence-electron chi connectivity index (χ2n) is 33.1. The fourth-order valence-electron chi connectivity index (χ4n) is 14.6. The first kappa shape index (κ1) is 61.3. The first-order valence-electron chi connectivity index (χ1n) is 33.1. The van der Waals surface area contributed by atoms with Crippen molar-refractivity contribution in [3.63, 3.8) is 0 Å². The molecule has 3 nitrogen and oxygen atoms in total. The first-order valence-corrected chi connectivity index (χ1v) is 34.0. The summed E-state index contributed by atoms with van der Waals surface area (Å²) < 4.78 is 2.70. The Hall–Kier alpha value is -7.60. The van der Waals surface area contributed by atoms with Gasteiger partial charge in [-0.1, -0.05) is 229 Å². The van der Waals surface area contributed by atoms with Gasteiger partial charge in [-0.15, -0.1) is 11.3 Å². The first-order chi connectivity index (χ1) is 42.2. The van der Waals surface area contributed by atoms with Crippen LogP contribution < -0.4 is 30.4 Å². The Morgan fingerprint density at radius 2 is 0.911 bits per heavy atom. The molecule has 0 fully saturated rings. The van der Waals surface area contributed by atoms with E-state index < -0.39 is 0 Å². The highest BCUT2D eigenvalue weighted by molar-refractivity contribution is 7.33. The van der Waals surface area contributed by atoms with Gasteiger partial charge in [-0.25, -0.2) is 0 Å². The summed E-state index contributed by atoms with van der Waals surface area (Å²) in [4.78, 5) is 7.93. The van der Waals surface area contributed by atoms with E-state index in [1.165, 1.54) is 127 Å². The molecular weight excluding hydrogens is 1110 g/mol. The lowest BCUT2D eigenvalue weighted by Gasteiger charge is -2.45. The quantitative estimate of drug-likeness (QED) is 0.147. The number of hydrogen-bond acceptors (Lipinski definition) is 4. The van der Waals surface area contributed by atoms with Crippen molar-refractivity contribution < 1.29 is 0 Å². The number of hydrogen-bond donors (Lipinski definition) is 0. The second kappa shape index (κ2) is 21.2. The number of nitrogens with zero attached hydrogens (tertiary/aromatic N) is 3. The summed E-state index contributed by atoms with van der Waals surface area (Å²) in [5, 5.41) is 1.32. The lowest BCUT2D eigenvalue weighted by molar-refractivity contribution is 0.332. The third-order valence-electron chi connectivity index (χ3n) is 20.5. The van der Waals surface area contributed by atoms with E-state index in [0.29, 0.717) is 0 Å². The van der Waals surface area contributed by atoms with Gasteiger partial charge in [-0.3, -0.25) is 0 Å². The van der Waals surface area contributed by atoms with Crippen LogP contribution in [0.4, 0.5) is 51.2 Å². The fraction of sp³-hybridized carbons (Fsp3) is 0.341. The molecule has 10 aromatic rings. The molecule has 3 aliphatic rings. The number of rotatable bonds is 7. The summed E-state index contributed by atoms with van der Waals surface area (Å²) in [7, 11) is 0. The summed E-state index contributed by atoms with van der Waals surface area (Å²) >= 11 is 2.00. The molecule has 0 N–H and O–H groups in total. The van der Waals surface area contributed by atoms with Gasteiger partial charge in [0.25, 0.3) is 6.71 Å². The molecule has 0 radical (unpaired) electrons. The van der Waals surface area contributed by atoms with Crippen LogP contribution in [0.5, 0.6) is 0 Å². The van der Waals surface area contributed by atoms with Gasteiger partial charge in [0.05, 0.1) is 11.4 Å². The van der Waals surface area contributed by atoms with Crippen LogP contribution >= 0.6 is 11.3 Å². The van der Waals surface area contributed by atoms with Crippen molar-refractivity contribution in [3.05, 3.63) is 226 Å². The normalized spacial score (nSPS) is 15.4. The molecule has 0 bridgehead atoms. The highest BCUT2D eigenvalue weighted by Crippen LogP contribution is 2.55. The van der Waals surface area contributed by atoms with Crippen LogP contribution in [-0.2, 0) is 37.9 Å². The zero-order valence-corrected chi connectivity index (χ0v) is 58.4. The molecular formula is C85H94BN3S. The van der Waals surface area contributed by atoms with Crippen LogP contribution in [0.25, 0.3) is 32.3 Å². The maximum atomic E-state index is 2.73. The summed E-state index contributed by atoms with van der Waals surface area (Å²) in [6, 6.07) is 72.2. The summed E-state index contributed by atoms with van der Waals surface area (Å²) in [5.41, 5.74) is 28.9. The Bertz CT molecular complexity index is 4380. The van der Waals surface area contributed by atoms with E-state index in [1.807, 2.05) is 11.3 Å². The van der Waals surface area contributed by atoms with Crippen molar-refractivity contribution in [1.29, 1.82) is 0 Å². The van der Waals surface area contributed by atoms with E-state index in [-0.39, 0.29) is 44.6 Å². The zero-order valence-electron chi connectivity index (χ0n) is 57.6. The van der Waals surface area contributed by atoms with Gasteiger partial charge in [0, 0.05) is 60.2 Å². The minimum atomic E-state index is -0.101. The average molecular weight is 1200 g/mol. The standard InChI is InChI=1S/C85H94BN3S/c1-53-23-21-22-24-65(53)55-47-73-76-74(48-55)89(71-43-33-59(82(11,12)13)49-66(71)54-25-27-56(28-26-54)79(2,3)4)72-52-64(87(61-35-29-57(30-36-61)80(5,6)7)62-37-31-58(32-38-62)81(8,9)10)40-42-70(72)86(76)78-77(67-50-60(83(14,15)16)34-44-75(67)90-78)88(73)63-39-41-68-69(51-63)85(19,20)46-45-84(68,17)18/h21-44,47-52H,45-46H2,1-20H3. The number of thiophene rings is 1. The molecule has 458 valence electrons. The van der Waals surface area contributed by atoms with Crippen LogP contribution in [0.3, 0.4) is 0 Å². The zero-order chi connectivity index (χ0) is 64.2. The van der Waals surface area contributed by atoms with Crippen LogP contribution in [-0.4, -0.2) is 6.71 Å². The van der Waals surface area contributed by atoms with E-state index >= 15 is 0 Å². The van der Waals surface area contributed by atoms with Gasteiger partial charge in [0.1, 0.15) is 0 Å². The highest BCUT2D eigenvalue weighted by Gasteiger charge is 2.47. The molecule has 2 aliphatic heterocycles. The smallest absolute Gasteiger partial charge is 0.264 e. The molecule has 5 heteroatoms. The second-order valence-corrected chi connectivity index (χ2v) is 34.2. The Labute approximate surface area is 544 Å². The van der Waals surface area contributed by atoms with Crippen molar-refractivity contribution in [2.45, 2.75) is 189 Å². The highest BCUT2D eigenvalue weighted by atomic mass is 32.1. The van der Waals surface area contributed by atoms with Crippen molar-refractivity contribution in [2.24, 2.45) is 0 Å². The molecule has 1 aromatic heterocycles. The molecule has 1 aliphatic carbocycles. The van der Waals surface area contributed by atoms with E-state index in [4.69, 9.17) is 0 Å². The van der Waals surface area contributed by atoms with Crippen molar-refractivity contribution in [3.8, 4) is 22.3 Å². The summed E-state index contributed by atoms with van der Waals surface area (Å²) in [5.74, 6) is 0. The van der Waals surface area contributed by atoms with Crippen molar-refractivity contribution in [2.75, 3.05) is 14.7 Å². The number of fused-ring (bicyclic) bond motifs is 7. The van der Waals surface area contributed by atoms with Crippen molar-refractivity contribution >= 4 is 95.0 Å². The number of aryl methyl sites for hydroxylation is 1. The Kier molecular flexibility index (Phi) is 14.5. The molecule has 90 heavy (non-hydrogen) atoms. The fourth-order valence-corrected chi connectivity index (χ4v) is 15.9. The van der Waals surface area contributed by atoms with E-state index in [9.17, 15) is 0 Å². The van der Waals surface area contributed by atoms with Gasteiger partial charge >= 0.3 is 0 Å². The van der Waals surface area contributed by atoms with E-state index in [1.54, 1.807) is 0 Å². The van der Waals surface area contributed by atoms with E-state index in [2.05, 4.69) is 335 Å². The maximum Gasteiger partial charge on any atom is 0.264 e. The Balaban J connectivity index is 1.18. The SMILES string of the molecule is Cc1ccccc1-c1cc2c3c(c1)N(c1ccc4c(c1)C(C)(C)CCC4(C)C)c1c(sc4ccc(C(C)(C)C)cc14)B3c1ccc(N(c3ccc(C(C)(C)C)cc3)c3ccc(C(C)(C)C)cc3)cc1N2c1ccc(C(C)(C)C)cc1-c1ccc(C(C)(C)C)cc1. The molecule has 0 saturated carbocycles. The Morgan fingerprint density at radius 1 is 0.411 bits per heavy atom. The molecule has 3 heterocycles. The predicted octanol–water partition coefficient (Wildman–Crippen LogP) is 22.9. The van der Waals surface area contributed by atoms with Crippen LogP contribution in [0.2, 0.25) is 0 Å². The molecule has 9 aromatic carbocycles. The van der Waals surface area contributed by atoms with Gasteiger partial charge in [0.2, 0.25) is 0 Å². The predicted molar refractivity (Wildman–Crippen MR) is 395 cm³/mol. The van der Waals surface area contributed by atoms with Gasteiger partial charge in [-0.2, -0.15) is 0 Å². The summed E-state index contributed by atoms with van der Waals surface area (Å²) in [6.45, 7) is 47.0. The van der Waals surface area contributed by atoms with Gasteiger partial charge in [0.15, 0.2) is 0 Å². The van der Waals surface area contributed by atoms with Crippen LogP contribution in [0.1, 0.15) is 189 Å². The minimum absolute atomic E-state index is 0.00254. The summed E-state index contributed by atoms with van der Waals surface area (Å²) in [6.07, 6.45) is 2.31. The van der Waals surface area contributed by atoms with Gasteiger partial charge in [-0.05, 0) is 215 Å². The average Bonchev–Trinajstić information content (AvgIpc) is 1.23. The third kappa shape index (κ3) is 10.6. The van der Waals surface area contributed by atoms with Crippen LogP contribution in [0, 0.1) is 6.92 Å². The molecule has 13 rings (SSSR count). The molecule has 0 amide bonds. The molecule has 0 saturated heterocycles. The molecule has 0 unspecified atom stereocenters. The lowest BCUT2D eigenvalue weighted by atomic mass is 9.36. The monoisotopic (exact) mass is 1200 g/mol. The van der Waals surface area contributed by atoms with Crippen LogP contribution in [0.15, 0.2) is 182 Å². The van der Waals surface area contributed by atoms with E-state index in [0.717, 1.165) is 29.2 Å². The number of anilines is 9. The Morgan fingerprint density at radius 3 is 1.48 bits per heavy atom. The topological polar surface area (TPSA) is 9.72 Å². The molecule has 0 atom stereocenters. The number of benzene rings is 9. The van der Waals surface area contributed by atoms with Crippen molar-refractivity contribution in [1.82, 2.24) is 0 Å². The lowest BCUT2D eigenvalue weighted by Crippen LogP contribution is -2.60. The third-order valence-corrected chi connectivity index (χ3v) is 21.7. The van der Waals surface area contributed by atoms with Gasteiger partial charge < -0.3 is 14.7 Å². The maximum absolute atomic E-state index is 2.73. The largest absolute Gasteiger partial charge is 0.311 e. The molecule has 0 spiro atoms.